The van der Waals surface area contributed by atoms with Crippen molar-refractivity contribution in [1.82, 2.24) is 9.78 Å². The van der Waals surface area contributed by atoms with Crippen molar-refractivity contribution in [1.29, 1.82) is 0 Å². The summed E-state index contributed by atoms with van der Waals surface area (Å²) in [5.41, 5.74) is 2.88. The fraction of sp³-hybridized carbons (Fsp3) is 0.286. The quantitative estimate of drug-likeness (QED) is 0.812. The third-order valence-electron chi connectivity index (χ3n) is 3.10. The second-order valence-electron chi connectivity index (χ2n) is 4.28. The third-order valence-corrected chi connectivity index (χ3v) is 3.96. The fourth-order valence-electron chi connectivity index (χ4n) is 1.93. The lowest BCUT2D eigenvalue weighted by molar-refractivity contribution is 0.0981. The molecule has 0 aliphatic heterocycles. The molecule has 0 N–H and O–H groups in total. The van der Waals surface area contributed by atoms with Gasteiger partial charge in [0.1, 0.15) is 0 Å². The minimum Gasteiger partial charge on any atom is -0.294 e. The molecule has 0 aliphatic rings. The van der Waals surface area contributed by atoms with Crippen molar-refractivity contribution in [2.24, 2.45) is 7.05 Å². The van der Waals surface area contributed by atoms with Gasteiger partial charge in [0.25, 0.3) is 0 Å². The molecule has 0 fully saturated rings. The first kappa shape index (κ1) is 13.0. The zero-order valence-electron chi connectivity index (χ0n) is 10.5. The standard InChI is InChI=1S/C14H15BrN2O/c1-10-12(4-3-5-13(10)15)14(18)7-6-11-8-9-16-17(11)2/h3-5,8-9H,6-7H2,1-2H3. The van der Waals surface area contributed by atoms with Crippen molar-refractivity contribution in [3.63, 3.8) is 0 Å². The average molecular weight is 307 g/mol. The zero-order valence-corrected chi connectivity index (χ0v) is 12.1. The molecule has 0 saturated carbocycles. The molecule has 0 atom stereocenters. The predicted molar refractivity (Wildman–Crippen MR) is 74.7 cm³/mol. The average Bonchev–Trinajstić information content (AvgIpc) is 2.75. The number of ketones is 1. The predicted octanol–water partition coefficient (Wildman–Crippen LogP) is 3.31. The van der Waals surface area contributed by atoms with Crippen molar-refractivity contribution >= 4 is 21.7 Å². The van der Waals surface area contributed by atoms with E-state index in [2.05, 4.69) is 21.0 Å². The maximum Gasteiger partial charge on any atom is 0.163 e. The minimum atomic E-state index is 0.176. The lowest BCUT2D eigenvalue weighted by Crippen LogP contribution is -2.06. The van der Waals surface area contributed by atoms with Crippen LogP contribution < -0.4 is 0 Å². The molecule has 1 heterocycles. The molecular weight excluding hydrogens is 292 g/mol. The first-order chi connectivity index (χ1) is 8.59. The number of aryl methyl sites for hydroxylation is 2. The molecule has 0 unspecified atom stereocenters. The number of hydrogen-bond donors (Lipinski definition) is 0. The number of carbonyl (C=O) groups excluding carboxylic acids is 1. The Hall–Kier alpha value is -1.42. The molecule has 0 amide bonds. The van der Waals surface area contributed by atoms with Crippen molar-refractivity contribution in [3.8, 4) is 0 Å². The van der Waals surface area contributed by atoms with Crippen LogP contribution in [0.4, 0.5) is 0 Å². The highest BCUT2D eigenvalue weighted by Crippen LogP contribution is 2.21. The Bertz CT molecular complexity index is 575. The van der Waals surface area contributed by atoms with Gasteiger partial charge in [0, 0.05) is 35.4 Å². The summed E-state index contributed by atoms with van der Waals surface area (Å²) in [7, 11) is 1.89. The molecule has 0 spiro atoms. The highest BCUT2D eigenvalue weighted by Gasteiger charge is 2.11. The van der Waals surface area contributed by atoms with Gasteiger partial charge >= 0.3 is 0 Å². The van der Waals surface area contributed by atoms with E-state index < -0.39 is 0 Å². The van der Waals surface area contributed by atoms with Gasteiger partial charge in [-0.3, -0.25) is 9.48 Å². The van der Waals surface area contributed by atoms with E-state index in [4.69, 9.17) is 0 Å². The number of aromatic nitrogens is 2. The SMILES string of the molecule is Cc1c(Br)cccc1C(=O)CCc1ccnn1C. The fourth-order valence-corrected chi connectivity index (χ4v) is 2.30. The normalized spacial score (nSPS) is 10.6. The lowest BCUT2D eigenvalue weighted by Gasteiger charge is -2.06. The summed E-state index contributed by atoms with van der Waals surface area (Å²) in [6.45, 7) is 1.96. The number of nitrogens with zero attached hydrogens (tertiary/aromatic N) is 2. The van der Waals surface area contributed by atoms with E-state index in [1.807, 2.05) is 38.2 Å². The van der Waals surface area contributed by atoms with Gasteiger partial charge in [-0.05, 0) is 31.0 Å². The second-order valence-corrected chi connectivity index (χ2v) is 5.14. The minimum absolute atomic E-state index is 0.176. The number of Topliss-reactive ketones (excluding diaryl/α,β-unsaturated/α-hetero) is 1. The van der Waals surface area contributed by atoms with Gasteiger partial charge in [-0.25, -0.2) is 0 Å². The third kappa shape index (κ3) is 2.70. The molecule has 3 nitrogen and oxygen atoms in total. The Morgan fingerprint density at radius 3 is 2.83 bits per heavy atom. The Labute approximate surface area is 115 Å². The van der Waals surface area contributed by atoms with Crippen LogP contribution in [0.1, 0.15) is 28.0 Å². The van der Waals surface area contributed by atoms with Gasteiger partial charge in [-0.1, -0.05) is 28.1 Å². The van der Waals surface area contributed by atoms with Crippen LogP contribution in [0.3, 0.4) is 0 Å². The van der Waals surface area contributed by atoms with Crippen LogP contribution >= 0.6 is 15.9 Å². The van der Waals surface area contributed by atoms with E-state index in [1.165, 1.54) is 0 Å². The van der Waals surface area contributed by atoms with Crippen LogP contribution in [-0.4, -0.2) is 15.6 Å². The van der Waals surface area contributed by atoms with Gasteiger partial charge in [0.2, 0.25) is 0 Å². The van der Waals surface area contributed by atoms with E-state index in [0.29, 0.717) is 6.42 Å². The molecule has 0 bridgehead atoms. The molecule has 18 heavy (non-hydrogen) atoms. The topological polar surface area (TPSA) is 34.9 Å². The van der Waals surface area contributed by atoms with Crippen LogP contribution in [0.15, 0.2) is 34.9 Å². The highest BCUT2D eigenvalue weighted by molar-refractivity contribution is 9.10. The van der Waals surface area contributed by atoms with Crippen molar-refractivity contribution < 1.29 is 4.79 Å². The number of carbonyl (C=O) groups is 1. The molecule has 94 valence electrons. The maximum atomic E-state index is 12.2. The summed E-state index contributed by atoms with van der Waals surface area (Å²) in [5, 5.41) is 4.10. The summed E-state index contributed by atoms with van der Waals surface area (Å²) in [6.07, 6.45) is 2.99. The first-order valence-corrected chi connectivity index (χ1v) is 6.64. The van der Waals surface area contributed by atoms with E-state index in [-0.39, 0.29) is 5.78 Å². The monoisotopic (exact) mass is 306 g/mol. The lowest BCUT2D eigenvalue weighted by atomic mass is 10.0. The van der Waals surface area contributed by atoms with Crippen molar-refractivity contribution in [2.45, 2.75) is 19.8 Å². The molecule has 4 heteroatoms. The van der Waals surface area contributed by atoms with Crippen LogP contribution in [0.5, 0.6) is 0 Å². The van der Waals surface area contributed by atoms with Crippen LogP contribution in [-0.2, 0) is 13.5 Å². The summed E-state index contributed by atoms with van der Waals surface area (Å²) < 4.78 is 2.79. The molecule has 2 rings (SSSR count). The maximum absolute atomic E-state index is 12.2. The van der Waals surface area contributed by atoms with Crippen LogP contribution in [0.2, 0.25) is 0 Å². The van der Waals surface area contributed by atoms with Gasteiger partial charge in [-0.2, -0.15) is 5.10 Å². The first-order valence-electron chi connectivity index (χ1n) is 5.85. The molecule has 2 aromatic rings. The number of halogens is 1. The highest BCUT2D eigenvalue weighted by atomic mass is 79.9. The molecule has 0 saturated heterocycles. The number of rotatable bonds is 4. The van der Waals surface area contributed by atoms with Gasteiger partial charge in [0.05, 0.1) is 0 Å². The molecular formula is C14H15BrN2O. The van der Waals surface area contributed by atoms with E-state index >= 15 is 0 Å². The van der Waals surface area contributed by atoms with Gasteiger partial charge < -0.3 is 0 Å². The molecule has 1 aromatic carbocycles. The van der Waals surface area contributed by atoms with Crippen molar-refractivity contribution in [3.05, 3.63) is 51.8 Å². The Morgan fingerprint density at radius 2 is 2.17 bits per heavy atom. The van der Waals surface area contributed by atoms with E-state index in [0.717, 1.165) is 27.7 Å². The van der Waals surface area contributed by atoms with Gasteiger partial charge in [-0.15, -0.1) is 0 Å². The number of hydrogen-bond acceptors (Lipinski definition) is 2. The smallest absolute Gasteiger partial charge is 0.163 e. The van der Waals surface area contributed by atoms with Crippen LogP contribution in [0, 0.1) is 6.92 Å². The second kappa shape index (κ2) is 5.48. The van der Waals surface area contributed by atoms with E-state index in [1.54, 1.807) is 10.9 Å². The summed E-state index contributed by atoms with van der Waals surface area (Å²) in [4.78, 5) is 12.2. The summed E-state index contributed by atoms with van der Waals surface area (Å²) >= 11 is 3.45. The van der Waals surface area contributed by atoms with Gasteiger partial charge in [0.15, 0.2) is 5.78 Å². The Balaban J connectivity index is 2.09. The summed E-state index contributed by atoms with van der Waals surface area (Å²) in [5.74, 6) is 0.176. The Kier molecular flexibility index (Phi) is 3.97. The van der Waals surface area contributed by atoms with Crippen molar-refractivity contribution in [2.75, 3.05) is 0 Å². The number of benzene rings is 1. The largest absolute Gasteiger partial charge is 0.294 e. The molecule has 1 aromatic heterocycles. The molecule has 0 aliphatic carbocycles. The summed E-state index contributed by atoms with van der Waals surface area (Å²) in [6, 6.07) is 7.67. The molecule has 0 radical (unpaired) electrons. The van der Waals surface area contributed by atoms with E-state index in [9.17, 15) is 4.79 Å². The zero-order chi connectivity index (χ0) is 13.1. The Morgan fingerprint density at radius 1 is 1.39 bits per heavy atom. The van der Waals surface area contributed by atoms with Crippen LogP contribution in [0.25, 0.3) is 0 Å².